The number of hydrogen-bond acceptors (Lipinski definition) is 4. The first-order valence-corrected chi connectivity index (χ1v) is 8.20. The molecule has 7 heteroatoms. The zero-order chi connectivity index (χ0) is 18.9. The minimum absolute atomic E-state index is 0.256. The Hall–Kier alpha value is -2.70. The molecule has 25 heavy (non-hydrogen) atoms. The topological polar surface area (TPSA) is 104 Å². The van der Waals surface area contributed by atoms with E-state index in [-0.39, 0.29) is 17.0 Å². The van der Waals surface area contributed by atoms with E-state index in [4.69, 9.17) is 0 Å². The molecule has 3 amide bonds. The molecule has 0 fully saturated rings. The Morgan fingerprint density at radius 2 is 1.76 bits per heavy atom. The number of benzene rings is 1. The van der Waals surface area contributed by atoms with E-state index in [1.165, 1.54) is 6.92 Å². The summed E-state index contributed by atoms with van der Waals surface area (Å²) in [6.07, 6.45) is 0.567. The van der Waals surface area contributed by atoms with Crippen molar-refractivity contribution in [1.82, 2.24) is 10.2 Å². The van der Waals surface area contributed by atoms with Crippen LogP contribution < -0.4 is 5.32 Å². The van der Waals surface area contributed by atoms with Gasteiger partial charge in [0.2, 0.25) is 5.91 Å². The molecular weight excluding hydrogens is 324 g/mol. The highest BCUT2D eigenvalue weighted by molar-refractivity contribution is 6.22. The summed E-state index contributed by atoms with van der Waals surface area (Å²) in [5, 5.41) is 11.7. The Morgan fingerprint density at radius 3 is 2.32 bits per heavy atom. The second kappa shape index (κ2) is 7.04. The molecule has 1 aliphatic rings. The molecule has 1 aromatic rings. The number of nitrogens with zero attached hydrogens (tertiary/aromatic N) is 1. The van der Waals surface area contributed by atoms with Crippen LogP contribution in [0.1, 0.15) is 53.5 Å². The van der Waals surface area contributed by atoms with Crippen molar-refractivity contribution in [2.75, 3.05) is 0 Å². The Kier molecular flexibility index (Phi) is 5.25. The number of hydrogen-bond donors (Lipinski definition) is 2. The lowest BCUT2D eigenvalue weighted by Gasteiger charge is -2.26. The van der Waals surface area contributed by atoms with Gasteiger partial charge in [0.25, 0.3) is 11.8 Å². The zero-order valence-corrected chi connectivity index (χ0v) is 14.7. The van der Waals surface area contributed by atoms with Gasteiger partial charge in [0, 0.05) is 0 Å². The molecule has 3 atom stereocenters. The number of carboxylic acids is 1. The van der Waals surface area contributed by atoms with Gasteiger partial charge in [-0.15, -0.1) is 0 Å². The Morgan fingerprint density at radius 1 is 1.16 bits per heavy atom. The highest BCUT2D eigenvalue weighted by atomic mass is 16.4. The third kappa shape index (κ3) is 3.40. The van der Waals surface area contributed by atoms with Crippen LogP contribution in [0.5, 0.6) is 0 Å². The number of carbonyl (C=O) groups is 4. The van der Waals surface area contributed by atoms with E-state index < -0.39 is 35.8 Å². The first-order valence-electron chi connectivity index (χ1n) is 8.20. The Bertz CT molecular complexity index is 743. The second-order valence-corrected chi connectivity index (χ2v) is 6.42. The van der Waals surface area contributed by atoms with Crippen LogP contribution in [0.2, 0.25) is 0 Å². The summed E-state index contributed by atoms with van der Waals surface area (Å²) in [6, 6.07) is 2.73. The van der Waals surface area contributed by atoms with Gasteiger partial charge >= 0.3 is 5.97 Å². The molecular formula is C18H22N2O5. The van der Waals surface area contributed by atoms with Crippen LogP contribution in [0.3, 0.4) is 0 Å². The Balaban J connectivity index is 2.22. The van der Waals surface area contributed by atoms with Crippen molar-refractivity contribution in [3.63, 3.8) is 0 Å². The van der Waals surface area contributed by atoms with Crippen LogP contribution in [0.15, 0.2) is 18.2 Å². The largest absolute Gasteiger partial charge is 0.480 e. The van der Waals surface area contributed by atoms with Crippen LogP contribution in [-0.4, -0.2) is 45.8 Å². The molecule has 0 radical (unpaired) electrons. The number of fused-ring (bicyclic) bond motifs is 1. The van der Waals surface area contributed by atoms with Crippen LogP contribution in [0.4, 0.5) is 0 Å². The van der Waals surface area contributed by atoms with Gasteiger partial charge in [0.15, 0.2) is 0 Å². The first-order chi connectivity index (χ1) is 11.7. The maximum atomic E-state index is 12.5. The van der Waals surface area contributed by atoms with E-state index in [2.05, 4.69) is 5.32 Å². The normalized spacial score (nSPS) is 17.0. The van der Waals surface area contributed by atoms with Gasteiger partial charge in [-0.3, -0.25) is 19.3 Å². The molecule has 0 spiro atoms. The SMILES string of the molecule is CC[C@H](C)[C@H](NC(=O)C(C)N1C(=O)c2ccc(C)cc2C1=O)C(=O)O. The number of aryl methyl sites for hydroxylation is 1. The highest BCUT2D eigenvalue weighted by Gasteiger charge is 2.41. The maximum absolute atomic E-state index is 12.5. The lowest BCUT2D eigenvalue weighted by atomic mass is 9.99. The van der Waals surface area contributed by atoms with Crippen molar-refractivity contribution in [3.05, 3.63) is 34.9 Å². The molecule has 1 unspecified atom stereocenters. The molecule has 134 valence electrons. The maximum Gasteiger partial charge on any atom is 0.326 e. The molecule has 0 saturated carbocycles. The van der Waals surface area contributed by atoms with Gasteiger partial charge in [-0.25, -0.2) is 4.79 Å². The number of aliphatic carboxylic acids is 1. The summed E-state index contributed by atoms with van der Waals surface area (Å²) in [5.74, 6) is -3.18. The van der Waals surface area contributed by atoms with Gasteiger partial charge in [0.05, 0.1) is 11.1 Å². The molecule has 0 saturated heterocycles. The van der Waals surface area contributed by atoms with Crippen molar-refractivity contribution in [1.29, 1.82) is 0 Å². The predicted octanol–water partition coefficient (Wildman–Crippen LogP) is 1.60. The summed E-state index contributed by atoms with van der Waals surface area (Å²) < 4.78 is 0. The summed E-state index contributed by atoms with van der Waals surface area (Å²) in [7, 11) is 0. The number of carbonyl (C=O) groups excluding carboxylic acids is 3. The molecule has 0 aromatic heterocycles. The quantitative estimate of drug-likeness (QED) is 0.761. The highest BCUT2D eigenvalue weighted by Crippen LogP contribution is 2.25. The van der Waals surface area contributed by atoms with Crippen molar-refractivity contribution in [3.8, 4) is 0 Å². The summed E-state index contributed by atoms with van der Waals surface area (Å²) >= 11 is 0. The van der Waals surface area contributed by atoms with E-state index in [0.29, 0.717) is 6.42 Å². The van der Waals surface area contributed by atoms with E-state index in [1.54, 1.807) is 32.0 Å². The van der Waals surface area contributed by atoms with Crippen molar-refractivity contribution in [2.24, 2.45) is 5.92 Å². The van der Waals surface area contributed by atoms with Gasteiger partial charge in [-0.2, -0.15) is 0 Å². The molecule has 0 aliphatic carbocycles. The number of carboxylic acid groups (broad SMARTS) is 1. The zero-order valence-electron chi connectivity index (χ0n) is 14.7. The van der Waals surface area contributed by atoms with Crippen LogP contribution >= 0.6 is 0 Å². The van der Waals surface area contributed by atoms with E-state index in [9.17, 15) is 24.3 Å². The fraction of sp³-hybridized carbons (Fsp3) is 0.444. The Labute approximate surface area is 146 Å². The third-order valence-corrected chi connectivity index (χ3v) is 4.62. The lowest BCUT2D eigenvalue weighted by Crippen LogP contribution is -2.53. The van der Waals surface area contributed by atoms with Crippen LogP contribution in [-0.2, 0) is 9.59 Å². The third-order valence-electron chi connectivity index (χ3n) is 4.62. The number of rotatable bonds is 6. The first kappa shape index (κ1) is 18.6. The van der Waals surface area contributed by atoms with Gasteiger partial charge in [-0.1, -0.05) is 31.9 Å². The minimum atomic E-state index is -1.15. The average molecular weight is 346 g/mol. The van der Waals surface area contributed by atoms with Gasteiger partial charge in [-0.05, 0) is 31.9 Å². The van der Waals surface area contributed by atoms with Crippen LogP contribution in [0.25, 0.3) is 0 Å². The number of amides is 3. The molecule has 1 heterocycles. The summed E-state index contributed by atoms with van der Waals surface area (Å²) in [4.78, 5) is 49.7. The van der Waals surface area contributed by atoms with Crippen molar-refractivity contribution < 1.29 is 24.3 Å². The standard InChI is InChI=1S/C18H22N2O5/c1-5-10(3)14(18(24)25)19-15(21)11(4)20-16(22)12-7-6-9(2)8-13(12)17(20)23/h6-8,10-11,14H,5H2,1-4H3,(H,19,21)(H,24,25)/t10-,11?,14-/m0/s1. The summed E-state index contributed by atoms with van der Waals surface area (Å²) in [6.45, 7) is 6.76. The van der Waals surface area contributed by atoms with E-state index in [0.717, 1.165) is 10.5 Å². The lowest BCUT2D eigenvalue weighted by molar-refractivity contribution is -0.143. The van der Waals surface area contributed by atoms with Crippen molar-refractivity contribution in [2.45, 2.75) is 46.2 Å². The van der Waals surface area contributed by atoms with E-state index >= 15 is 0 Å². The van der Waals surface area contributed by atoms with Crippen LogP contribution in [0, 0.1) is 12.8 Å². The minimum Gasteiger partial charge on any atom is -0.480 e. The average Bonchev–Trinajstić information content (AvgIpc) is 2.81. The smallest absolute Gasteiger partial charge is 0.326 e. The predicted molar refractivity (Wildman–Crippen MR) is 90.2 cm³/mol. The van der Waals surface area contributed by atoms with E-state index in [1.807, 2.05) is 6.92 Å². The number of nitrogens with one attached hydrogen (secondary N) is 1. The number of imide groups is 1. The molecule has 2 N–H and O–H groups in total. The second-order valence-electron chi connectivity index (χ2n) is 6.42. The molecule has 1 aliphatic heterocycles. The molecule has 0 bridgehead atoms. The molecule has 2 rings (SSSR count). The monoisotopic (exact) mass is 346 g/mol. The van der Waals surface area contributed by atoms with Gasteiger partial charge < -0.3 is 10.4 Å². The summed E-state index contributed by atoms with van der Waals surface area (Å²) in [5.41, 5.74) is 1.36. The fourth-order valence-electron chi connectivity index (χ4n) is 2.80. The fourth-order valence-corrected chi connectivity index (χ4v) is 2.80. The van der Waals surface area contributed by atoms with Crippen molar-refractivity contribution >= 4 is 23.7 Å². The van der Waals surface area contributed by atoms with Gasteiger partial charge in [0.1, 0.15) is 12.1 Å². The molecule has 7 nitrogen and oxygen atoms in total. The molecule has 1 aromatic carbocycles.